The summed E-state index contributed by atoms with van der Waals surface area (Å²) in [6.45, 7) is -0.982. The molecule has 1 spiro atoms. The van der Waals surface area contributed by atoms with E-state index in [9.17, 15) is 18.0 Å². The van der Waals surface area contributed by atoms with Crippen LogP contribution in [0.25, 0.3) is 11.1 Å². The third-order valence-electron chi connectivity index (χ3n) is 6.22. The maximum absolute atomic E-state index is 13.3. The molecule has 3 nitrogen and oxygen atoms in total. The van der Waals surface area contributed by atoms with E-state index in [-0.39, 0.29) is 11.8 Å². The van der Waals surface area contributed by atoms with Gasteiger partial charge in [0.1, 0.15) is 0 Å². The van der Waals surface area contributed by atoms with Gasteiger partial charge in [-0.3, -0.25) is 4.79 Å². The van der Waals surface area contributed by atoms with Crippen molar-refractivity contribution >= 4 is 5.78 Å². The van der Waals surface area contributed by atoms with Gasteiger partial charge in [-0.15, -0.1) is 0 Å². The summed E-state index contributed by atoms with van der Waals surface area (Å²) in [5.74, 6) is 0.111. The Kier molecular flexibility index (Phi) is 4.95. The molecular formula is C23H21F3N2O. The van der Waals surface area contributed by atoms with E-state index < -0.39 is 18.1 Å². The van der Waals surface area contributed by atoms with E-state index in [0.717, 1.165) is 16.7 Å². The van der Waals surface area contributed by atoms with E-state index >= 15 is 0 Å². The van der Waals surface area contributed by atoms with Gasteiger partial charge in [0.2, 0.25) is 0 Å². The third-order valence-corrected chi connectivity index (χ3v) is 6.22. The van der Waals surface area contributed by atoms with Crippen LogP contribution in [0.4, 0.5) is 13.2 Å². The third kappa shape index (κ3) is 3.92. The molecule has 0 saturated heterocycles. The highest BCUT2D eigenvalue weighted by Crippen LogP contribution is 2.48. The summed E-state index contributed by atoms with van der Waals surface area (Å²) in [5, 5.41) is 11.7. The fourth-order valence-electron chi connectivity index (χ4n) is 4.66. The largest absolute Gasteiger partial charge is 0.401 e. The summed E-state index contributed by atoms with van der Waals surface area (Å²) in [6.07, 6.45) is -1.19. The number of hydrogen-bond donors (Lipinski definition) is 1. The molecular weight excluding hydrogens is 377 g/mol. The highest BCUT2D eigenvalue weighted by Gasteiger charge is 2.47. The SMILES string of the molecule is N#Cc1cccc(-c2ccc3c(c2)C(=O)C2(CCC(NCC(F)(F)F)CC2)C3)c1. The molecule has 29 heavy (non-hydrogen) atoms. The van der Waals surface area contributed by atoms with Gasteiger partial charge in [0.05, 0.1) is 18.2 Å². The molecule has 0 atom stereocenters. The molecule has 0 unspecified atom stereocenters. The van der Waals surface area contributed by atoms with Crippen molar-refractivity contribution in [3.8, 4) is 17.2 Å². The van der Waals surface area contributed by atoms with E-state index in [0.29, 0.717) is 43.2 Å². The molecule has 1 fully saturated rings. The second kappa shape index (κ2) is 7.31. The van der Waals surface area contributed by atoms with Crippen LogP contribution in [0.15, 0.2) is 42.5 Å². The molecule has 0 heterocycles. The lowest BCUT2D eigenvalue weighted by Gasteiger charge is -2.36. The predicted molar refractivity (Wildman–Crippen MR) is 103 cm³/mol. The summed E-state index contributed by atoms with van der Waals surface area (Å²) in [7, 11) is 0. The van der Waals surface area contributed by atoms with Crippen molar-refractivity contribution < 1.29 is 18.0 Å². The minimum Gasteiger partial charge on any atom is -0.306 e. The molecule has 1 saturated carbocycles. The zero-order valence-corrected chi connectivity index (χ0v) is 15.9. The fourth-order valence-corrected chi connectivity index (χ4v) is 4.66. The van der Waals surface area contributed by atoms with E-state index in [2.05, 4.69) is 11.4 Å². The molecule has 1 N–H and O–H groups in total. The number of nitrogens with one attached hydrogen (secondary N) is 1. The summed E-state index contributed by atoms with van der Waals surface area (Å²) < 4.78 is 37.3. The number of Topliss-reactive ketones (excluding diaryl/α,β-unsaturated/α-hetero) is 1. The number of benzene rings is 2. The Morgan fingerprint density at radius 1 is 1.10 bits per heavy atom. The van der Waals surface area contributed by atoms with E-state index in [1.54, 1.807) is 12.1 Å². The molecule has 2 aromatic carbocycles. The maximum atomic E-state index is 13.3. The number of hydrogen-bond acceptors (Lipinski definition) is 3. The topological polar surface area (TPSA) is 52.9 Å². The molecule has 2 aromatic rings. The fraction of sp³-hybridized carbons (Fsp3) is 0.391. The zero-order valence-electron chi connectivity index (χ0n) is 15.9. The first-order chi connectivity index (χ1) is 13.8. The van der Waals surface area contributed by atoms with Crippen LogP contribution >= 0.6 is 0 Å². The number of alkyl halides is 3. The number of halogens is 3. The van der Waals surface area contributed by atoms with E-state index in [1.807, 2.05) is 30.3 Å². The van der Waals surface area contributed by atoms with Gasteiger partial charge in [-0.25, -0.2) is 0 Å². The first kappa shape index (κ1) is 19.7. The molecule has 0 radical (unpaired) electrons. The lowest BCUT2D eigenvalue weighted by Crippen LogP contribution is -2.43. The van der Waals surface area contributed by atoms with Crippen LogP contribution in [0.5, 0.6) is 0 Å². The molecule has 2 aliphatic carbocycles. The van der Waals surface area contributed by atoms with Crippen LogP contribution in [0.3, 0.4) is 0 Å². The minimum atomic E-state index is -4.21. The highest BCUT2D eigenvalue weighted by molar-refractivity contribution is 6.05. The number of carbonyl (C=O) groups excluding carboxylic acids is 1. The first-order valence-electron chi connectivity index (χ1n) is 9.78. The first-order valence-corrected chi connectivity index (χ1v) is 9.78. The number of nitriles is 1. The Morgan fingerprint density at radius 3 is 2.52 bits per heavy atom. The van der Waals surface area contributed by atoms with Crippen LogP contribution < -0.4 is 5.32 Å². The average molecular weight is 398 g/mol. The molecule has 0 bridgehead atoms. The summed E-state index contributed by atoms with van der Waals surface area (Å²) in [5.41, 5.74) is 3.60. The Morgan fingerprint density at radius 2 is 1.83 bits per heavy atom. The van der Waals surface area contributed by atoms with Crippen molar-refractivity contribution in [3.05, 3.63) is 59.2 Å². The predicted octanol–water partition coefficient (Wildman–Crippen LogP) is 5.04. The average Bonchev–Trinajstić information content (AvgIpc) is 2.98. The number of carbonyl (C=O) groups is 1. The number of rotatable bonds is 3. The van der Waals surface area contributed by atoms with E-state index in [4.69, 9.17) is 5.26 Å². The van der Waals surface area contributed by atoms with Gasteiger partial charge in [0.15, 0.2) is 5.78 Å². The van der Waals surface area contributed by atoms with Crippen molar-refractivity contribution in [1.82, 2.24) is 5.32 Å². The number of nitrogens with zero attached hydrogens (tertiary/aromatic N) is 1. The smallest absolute Gasteiger partial charge is 0.306 e. The minimum absolute atomic E-state index is 0.111. The van der Waals surface area contributed by atoms with E-state index in [1.165, 1.54) is 0 Å². The molecule has 0 amide bonds. The van der Waals surface area contributed by atoms with Gasteiger partial charge in [0.25, 0.3) is 0 Å². The van der Waals surface area contributed by atoms with Crippen LogP contribution in [0.1, 0.15) is 47.2 Å². The Hall–Kier alpha value is -2.65. The summed E-state index contributed by atoms with van der Waals surface area (Å²) in [6, 6.07) is 15.0. The summed E-state index contributed by atoms with van der Waals surface area (Å²) in [4.78, 5) is 13.3. The van der Waals surface area contributed by atoms with Crippen molar-refractivity contribution in [3.63, 3.8) is 0 Å². The van der Waals surface area contributed by atoms with Crippen LogP contribution in [-0.4, -0.2) is 24.5 Å². The van der Waals surface area contributed by atoms with Crippen molar-refractivity contribution in [2.45, 2.75) is 44.3 Å². The van der Waals surface area contributed by atoms with Crippen LogP contribution in [0.2, 0.25) is 0 Å². The second-order valence-corrected chi connectivity index (χ2v) is 8.12. The molecule has 6 heteroatoms. The second-order valence-electron chi connectivity index (χ2n) is 8.12. The van der Waals surface area contributed by atoms with Gasteiger partial charge >= 0.3 is 6.18 Å². The van der Waals surface area contributed by atoms with Crippen molar-refractivity contribution in [2.24, 2.45) is 5.41 Å². The molecule has 2 aliphatic rings. The standard InChI is InChI=1S/C23H21F3N2O/c24-23(25,26)14-28-19-6-8-22(9-7-19)12-18-5-4-17(11-20(18)21(22)29)16-3-1-2-15(10-16)13-27/h1-5,10-11,19,28H,6-9,12,14H2. The highest BCUT2D eigenvalue weighted by atomic mass is 19.4. The maximum Gasteiger partial charge on any atom is 0.401 e. The lowest BCUT2D eigenvalue weighted by atomic mass is 9.70. The van der Waals surface area contributed by atoms with Gasteiger partial charge in [0, 0.05) is 17.0 Å². The van der Waals surface area contributed by atoms with Crippen LogP contribution in [0, 0.1) is 16.7 Å². The monoisotopic (exact) mass is 398 g/mol. The van der Waals surface area contributed by atoms with Gasteiger partial charge in [-0.1, -0.05) is 24.3 Å². The Labute approximate surface area is 167 Å². The molecule has 150 valence electrons. The lowest BCUT2D eigenvalue weighted by molar-refractivity contribution is -0.126. The Balaban J connectivity index is 1.50. The van der Waals surface area contributed by atoms with Gasteiger partial charge in [-0.05, 0) is 67.0 Å². The van der Waals surface area contributed by atoms with Crippen LogP contribution in [-0.2, 0) is 6.42 Å². The zero-order chi connectivity index (χ0) is 20.6. The van der Waals surface area contributed by atoms with Gasteiger partial charge in [-0.2, -0.15) is 18.4 Å². The summed E-state index contributed by atoms with van der Waals surface area (Å²) >= 11 is 0. The quantitative estimate of drug-likeness (QED) is 0.788. The Bertz CT molecular complexity index is 982. The van der Waals surface area contributed by atoms with Gasteiger partial charge < -0.3 is 5.32 Å². The molecule has 0 aromatic heterocycles. The molecule has 0 aliphatic heterocycles. The normalized spacial score (nSPS) is 23.8. The molecule has 4 rings (SSSR count). The van der Waals surface area contributed by atoms with Crippen molar-refractivity contribution in [2.75, 3.05) is 6.54 Å². The number of fused-ring (bicyclic) bond motifs is 1. The number of ketones is 1. The van der Waals surface area contributed by atoms with Crippen molar-refractivity contribution in [1.29, 1.82) is 5.26 Å².